The maximum atomic E-state index is 14.4. The van der Waals surface area contributed by atoms with Crippen LogP contribution in [0.5, 0.6) is 0 Å². The van der Waals surface area contributed by atoms with Crippen LogP contribution in [0.15, 0.2) is 48.5 Å². The number of amides is 1. The Morgan fingerprint density at radius 2 is 1.75 bits per heavy atom. The predicted molar refractivity (Wildman–Crippen MR) is 156 cm³/mol. The van der Waals surface area contributed by atoms with Gasteiger partial charge in [-0.3, -0.25) is 9.69 Å². The topological polar surface area (TPSA) is 61.6 Å². The highest BCUT2D eigenvalue weighted by molar-refractivity contribution is 5.82. The summed E-state index contributed by atoms with van der Waals surface area (Å²) in [5, 5.41) is 9.74. The molecule has 2 bridgehead atoms. The van der Waals surface area contributed by atoms with Crippen LogP contribution in [-0.2, 0) is 10.2 Å². The largest absolute Gasteiger partial charge is 0.395 e. The molecule has 3 aliphatic heterocycles. The Morgan fingerprint density at radius 3 is 2.42 bits per heavy atom. The molecular formula is C33H43FN4O2. The summed E-state index contributed by atoms with van der Waals surface area (Å²) in [5.74, 6) is 0.917. The number of aliphatic hydroxyl groups is 1. The van der Waals surface area contributed by atoms with Gasteiger partial charge in [0.1, 0.15) is 11.6 Å². The number of rotatable bonds is 7. The van der Waals surface area contributed by atoms with E-state index in [2.05, 4.69) is 46.7 Å². The van der Waals surface area contributed by atoms with E-state index < -0.39 is 5.41 Å². The van der Waals surface area contributed by atoms with Crippen LogP contribution in [0, 0.1) is 18.2 Å². The third kappa shape index (κ3) is 4.85. The summed E-state index contributed by atoms with van der Waals surface area (Å²) in [5.41, 5.74) is 2.45. The first-order valence-electron chi connectivity index (χ1n) is 15.1. The first-order chi connectivity index (χ1) is 19.2. The van der Waals surface area contributed by atoms with Crippen molar-refractivity contribution in [1.29, 1.82) is 0 Å². The number of carbonyl (C=O) groups excluding carboxylic acids is 1. The quantitative estimate of drug-likeness (QED) is 0.418. The molecule has 6 rings (SSSR count). The fourth-order valence-electron chi connectivity index (χ4n) is 7.93. The molecule has 0 spiro atoms. The first-order valence-corrected chi connectivity index (χ1v) is 15.1. The number of aryl methyl sites for hydroxylation is 1. The molecule has 2 aromatic carbocycles. The summed E-state index contributed by atoms with van der Waals surface area (Å²) in [4.78, 5) is 22.6. The summed E-state index contributed by atoms with van der Waals surface area (Å²) in [6, 6.07) is 17.2. The maximum Gasteiger partial charge on any atom is 0.230 e. The van der Waals surface area contributed by atoms with Crippen LogP contribution in [0.3, 0.4) is 0 Å². The Labute approximate surface area is 237 Å². The molecule has 0 aliphatic carbocycles. The Hall–Kier alpha value is -2.77. The average Bonchev–Trinajstić information content (AvgIpc) is 3.42. The molecule has 3 aromatic rings. The molecule has 0 radical (unpaired) electrons. The van der Waals surface area contributed by atoms with E-state index >= 15 is 0 Å². The van der Waals surface area contributed by atoms with E-state index in [0.717, 1.165) is 55.6 Å². The Kier molecular flexibility index (Phi) is 7.24. The van der Waals surface area contributed by atoms with Gasteiger partial charge in [0.15, 0.2) is 0 Å². The molecule has 1 aromatic heterocycles. The zero-order chi connectivity index (χ0) is 28.1. The van der Waals surface area contributed by atoms with Gasteiger partial charge in [-0.1, -0.05) is 24.3 Å². The Morgan fingerprint density at radius 1 is 1.05 bits per heavy atom. The predicted octanol–water partition coefficient (Wildman–Crippen LogP) is 5.62. The highest BCUT2D eigenvalue weighted by atomic mass is 19.1. The lowest BCUT2D eigenvalue weighted by molar-refractivity contribution is -0.144. The summed E-state index contributed by atoms with van der Waals surface area (Å²) in [6.45, 7) is 7.86. The van der Waals surface area contributed by atoms with Crippen LogP contribution in [-0.4, -0.2) is 68.7 Å². The highest BCUT2D eigenvalue weighted by Gasteiger charge is 2.45. The van der Waals surface area contributed by atoms with E-state index in [0.29, 0.717) is 31.2 Å². The number of imidazole rings is 1. The average molecular weight is 547 g/mol. The molecule has 3 fully saturated rings. The number of fused-ring (bicyclic) bond motifs is 3. The van der Waals surface area contributed by atoms with E-state index in [1.54, 1.807) is 19.9 Å². The van der Waals surface area contributed by atoms with Gasteiger partial charge in [-0.2, -0.15) is 0 Å². The van der Waals surface area contributed by atoms with Crippen molar-refractivity contribution in [2.24, 2.45) is 5.41 Å². The van der Waals surface area contributed by atoms with Crippen molar-refractivity contribution in [1.82, 2.24) is 19.4 Å². The van der Waals surface area contributed by atoms with Gasteiger partial charge >= 0.3 is 0 Å². The van der Waals surface area contributed by atoms with Gasteiger partial charge in [0.2, 0.25) is 5.91 Å². The van der Waals surface area contributed by atoms with Crippen LogP contribution in [0.25, 0.3) is 11.0 Å². The lowest BCUT2D eigenvalue weighted by atomic mass is 9.70. The van der Waals surface area contributed by atoms with Crippen LogP contribution in [0.2, 0.25) is 0 Å². The number of likely N-dealkylation sites (tertiary alicyclic amines) is 1. The second-order valence-corrected chi connectivity index (χ2v) is 13.1. The van der Waals surface area contributed by atoms with Crippen molar-refractivity contribution in [2.75, 3.05) is 26.2 Å². The van der Waals surface area contributed by atoms with E-state index in [1.807, 2.05) is 11.0 Å². The van der Waals surface area contributed by atoms with Crippen molar-refractivity contribution in [3.05, 3.63) is 65.7 Å². The minimum absolute atomic E-state index is 0.00489. The zero-order valence-corrected chi connectivity index (χ0v) is 24.2. The minimum Gasteiger partial charge on any atom is -0.395 e. The highest BCUT2D eigenvalue weighted by Crippen LogP contribution is 2.45. The number of para-hydroxylation sites is 2. The van der Waals surface area contributed by atoms with Gasteiger partial charge in [0, 0.05) is 31.2 Å². The first kappa shape index (κ1) is 27.4. The number of halogens is 1. The molecule has 2 unspecified atom stereocenters. The molecule has 40 heavy (non-hydrogen) atoms. The number of hydrogen-bond acceptors (Lipinski definition) is 4. The molecule has 1 N–H and O–H groups in total. The van der Waals surface area contributed by atoms with Gasteiger partial charge in [-0.15, -0.1) is 0 Å². The summed E-state index contributed by atoms with van der Waals surface area (Å²) in [7, 11) is 0. The third-order valence-corrected chi connectivity index (χ3v) is 10.3. The van der Waals surface area contributed by atoms with Gasteiger partial charge < -0.3 is 14.6 Å². The van der Waals surface area contributed by atoms with Crippen molar-refractivity contribution in [3.63, 3.8) is 0 Å². The Bertz CT molecular complexity index is 1360. The molecule has 6 nitrogen and oxygen atoms in total. The van der Waals surface area contributed by atoms with Crippen molar-refractivity contribution < 1.29 is 14.3 Å². The van der Waals surface area contributed by atoms with Gasteiger partial charge in [0.05, 0.1) is 23.1 Å². The molecule has 3 aliphatic rings. The number of piperidine rings is 2. The van der Waals surface area contributed by atoms with E-state index in [-0.39, 0.29) is 23.7 Å². The van der Waals surface area contributed by atoms with Crippen LogP contribution in [0.1, 0.15) is 76.2 Å². The van der Waals surface area contributed by atoms with Crippen molar-refractivity contribution in [2.45, 2.75) is 89.3 Å². The number of aromatic nitrogens is 2. The van der Waals surface area contributed by atoms with Crippen molar-refractivity contribution >= 4 is 16.9 Å². The number of hydrogen-bond donors (Lipinski definition) is 1. The van der Waals surface area contributed by atoms with Crippen LogP contribution >= 0.6 is 0 Å². The Balaban J connectivity index is 1.19. The standard InChI is InChI=1S/C33H43FN4O2/c1-23-35-29-9-4-5-10-30(29)38(23)28-20-26-11-12-27(21-28)37(26)18-15-33(24-7-6-8-25(34)19-24)13-16-36(17-14-33)31(40)32(2,3)22-39/h4-10,19,26-28,39H,11-18,20-22H2,1-3H3. The summed E-state index contributed by atoms with van der Waals surface area (Å²) in [6.07, 6.45) is 7.35. The molecule has 4 heterocycles. The summed E-state index contributed by atoms with van der Waals surface area (Å²) < 4.78 is 16.9. The van der Waals surface area contributed by atoms with Crippen LogP contribution < -0.4 is 0 Å². The fourth-order valence-corrected chi connectivity index (χ4v) is 7.93. The van der Waals surface area contributed by atoms with Crippen LogP contribution in [0.4, 0.5) is 4.39 Å². The van der Waals surface area contributed by atoms with E-state index in [9.17, 15) is 14.3 Å². The van der Waals surface area contributed by atoms with Crippen molar-refractivity contribution in [3.8, 4) is 0 Å². The summed E-state index contributed by atoms with van der Waals surface area (Å²) >= 11 is 0. The minimum atomic E-state index is -0.776. The van der Waals surface area contributed by atoms with E-state index in [4.69, 9.17) is 4.98 Å². The fraction of sp³-hybridized carbons (Fsp3) is 0.576. The smallest absolute Gasteiger partial charge is 0.230 e. The lowest BCUT2D eigenvalue weighted by Crippen LogP contribution is -2.51. The van der Waals surface area contributed by atoms with Gasteiger partial charge in [0.25, 0.3) is 0 Å². The second kappa shape index (κ2) is 10.6. The van der Waals surface area contributed by atoms with E-state index in [1.165, 1.54) is 24.4 Å². The maximum absolute atomic E-state index is 14.4. The molecule has 214 valence electrons. The third-order valence-electron chi connectivity index (χ3n) is 10.3. The number of benzene rings is 2. The monoisotopic (exact) mass is 546 g/mol. The number of aliphatic hydroxyl groups excluding tert-OH is 1. The molecule has 7 heteroatoms. The molecule has 1 amide bonds. The zero-order valence-electron chi connectivity index (χ0n) is 24.2. The van der Waals surface area contributed by atoms with Gasteiger partial charge in [-0.05, 0) is 108 Å². The molecular weight excluding hydrogens is 503 g/mol. The lowest BCUT2D eigenvalue weighted by Gasteiger charge is -2.46. The second-order valence-electron chi connectivity index (χ2n) is 13.1. The SMILES string of the molecule is Cc1nc2ccccc2n1C1CC2CCC(C1)N2CCC1(c2cccc(F)c2)CCN(C(=O)C(C)(C)CO)CC1. The van der Waals surface area contributed by atoms with Gasteiger partial charge in [-0.25, -0.2) is 9.37 Å². The number of carbonyl (C=O) groups is 1. The molecule has 3 saturated heterocycles. The molecule has 2 atom stereocenters. The molecule has 0 saturated carbocycles. The number of nitrogens with zero attached hydrogens (tertiary/aromatic N) is 4. The normalized spacial score (nSPS) is 25.0.